The average Bonchev–Trinajstić information content (AvgIpc) is 3.08. The second-order valence-corrected chi connectivity index (χ2v) is 7.91. The van der Waals surface area contributed by atoms with E-state index >= 15 is 0 Å². The summed E-state index contributed by atoms with van der Waals surface area (Å²) in [7, 11) is 0. The van der Waals surface area contributed by atoms with Crippen molar-refractivity contribution in [1.82, 2.24) is 4.90 Å². The van der Waals surface area contributed by atoms with Crippen molar-refractivity contribution in [3.63, 3.8) is 0 Å². The zero-order chi connectivity index (χ0) is 23.5. The van der Waals surface area contributed by atoms with Crippen molar-refractivity contribution < 1.29 is 19.6 Å². The van der Waals surface area contributed by atoms with Gasteiger partial charge in [0, 0.05) is 18.2 Å². The smallest absolute Gasteiger partial charge is 0.295 e. The molecule has 1 N–H and O–H groups in total. The summed E-state index contributed by atoms with van der Waals surface area (Å²) in [5.41, 5.74) is 2.10. The van der Waals surface area contributed by atoms with Gasteiger partial charge in [-0.1, -0.05) is 72.3 Å². The van der Waals surface area contributed by atoms with Crippen LogP contribution in [0.25, 0.3) is 5.76 Å². The molecular formula is C26H22N2O5. The number of carbonyl (C=O) groups excluding carboxylic acids is 2. The number of nitrogens with zero attached hydrogens (tertiary/aromatic N) is 2. The van der Waals surface area contributed by atoms with Crippen LogP contribution >= 0.6 is 0 Å². The highest BCUT2D eigenvalue weighted by atomic mass is 16.6. The lowest BCUT2D eigenvalue weighted by Crippen LogP contribution is -2.32. The van der Waals surface area contributed by atoms with Crippen LogP contribution in [-0.2, 0) is 16.0 Å². The van der Waals surface area contributed by atoms with Gasteiger partial charge in [0.15, 0.2) is 0 Å². The topological polar surface area (TPSA) is 101 Å². The molecule has 0 saturated carbocycles. The van der Waals surface area contributed by atoms with E-state index in [2.05, 4.69) is 0 Å². The summed E-state index contributed by atoms with van der Waals surface area (Å²) in [6.45, 7) is 2.05. The number of nitro benzene ring substituents is 1. The van der Waals surface area contributed by atoms with Gasteiger partial charge < -0.3 is 10.0 Å². The van der Waals surface area contributed by atoms with Gasteiger partial charge >= 0.3 is 0 Å². The number of hydrogen-bond acceptors (Lipinski definition) is 5. The summed E-state index contributed by atoms with van der Waals surface area (Å²) >= 11 is 0. The third-order valence-corrected chi connectivity index (χ3v) is 5.78. The maximum absolute atomic E-state index is 13.1. The molecule has 1 heterocycles. The van der Waals surface area contributed by atoms with E-state index in [4.69, 9.17) is 0 Å². The van der Waals surface area contributed by atoms with Gasteiger partial charge in [-0.15, -0.1) is 0 Å². The molecule has 1 atom stereocenters. The highest BCUT2D eigenvalue weighted by Crippen LogP contribution is 2.42. The standard InChI is InChI=1S/C26H22N2O5/c1-17-11-13-19(14-12-17)24(29)22-23(20-9-5-6-10-21(20)28(32)33)27(26(31)25(22)30)16-15-18-7-3-2-4-8-18/h2-14,23,29H,15-16H2,1H3/b24-22+/t23-/m0/s1. The van der Waals surface area contributed by atoms with Gasteiger partial charge in [0.1, 0.15) is 5.76 Å². The van der Waals surface area contributed by atoms with Gasteiger partial charge in [-0.05, 0) is 25.0 Å². The number of hydrogen-bond donors (Lipinski definition) is 1. The maximum Gasteiger partial charge on any atom is 0.295 e. The first kappa shape index (κ1) is 22.0. The molecule has 1 fully saturated rings. The van der Waals surface area contributed by atoms with E-state index in [0.717, 1.165) is 11.1 Å². The molecule has 166 valence electrons. The summed E-state index contributed by atoms with van der Waals surface area (Å²) in [5.74, 6) is -1.99. The molecule has 33 heavy (non-hydrogen) atoms. The first-order valence-electron chi connectivity index (χ1n) is 10.5. The molecule has 1 saturated heterocycles. The largest absolute Gasteiger partial charge is 0.507 e. The molecule has 1 amide bonds. The fourth-order valence-electron chi connectivity index (χ4n) is 4.08. The number of rotatable bonds is 6. The minimum absolute atomic E-state index is 0.147. The lowest BCUT2D eigenvalue weighted by atomic mass is 9.94. The SMILES string of the molecule is Cc1ccc(/C(O)=C2\C(=O)C(=O)N(CCc3ccccc3)[C@H]2c2ccccc2[N+](=O)[O-])cc1. The third-order valence-electron chi connectivity index (χ3n) is 5.78. The molecular weight excluding hydrogens is 420 g/mol. The van der Waals surface area contributed by atoms with Crippen LogP contribution in [0.3, 0.4) is 0 Å². The van der Waals surface area contributed by atoms with Crippen LogP contribution in [0.5, 0.6) is 0 Å². The number of aryl methyl sites for hydroxylation is 1. The molecule has 4 rings (SSSR count). The minimum Gasteiger partial charge on any atom is -0.507 e. The number of para-hydroxylation sites is 1. The van der Waals surface area contributed by atoms with Crippen LogP contribution in [0.4, 0.5) is 5.69 Å². The number of benzene rings is 3. The van der Waals surface area contributed by atoms with Gasteiger partial charge in [0.2, 0.25) is 0 Å². The average molecular weight is 442 g/mol. The van der Waals surface area contributed by atoms with Crippen LogP contribution in [0.15, 0.2) is 84.4 Å². The van der Waals surface area contributed by atoms with Gasteiger partial charge in [-0.25, -0.2) is 0 Å². The lowest BCUT2D eigenvalue weighted by Gasteiger charge is -2.25. The predicted octanol–water partition coefficient (Wildman–Crippen LogP) is 4.57. The molecule has 0 aromatic heterocycles. The van der Waals surface area contributed by atoms with Crippen LogP contribution in [-0.4, -0.2) is 33.2 Å². The van der Waals surface area contributed by atoms with Crippen LogP contribution in [0, 0.1) is 17.0 Å². The van der Waals surface area contributed by atoms with E-state index in [1.165, 1.54) is 23.1 Å². The van der Waals surface area contributed by atoms with E-state index in [0.29, 0.717) is 12.0 Å². The number of nitro groups is 1. The van der Waals surface area contributed by atoms with Crippen molar-refractivity contribution in [3.8, 4) is 0 Å². The third kappa shape index (κ3) is 4.25. The summed E-state index contributed by atoms with van der Waals surface area (Å²) in [5, 5.41) is 22.8. The maximum atomic E-state index is 13.1. The fourth-order valence-corrected chi connectivity index (χ4v) is 4.08. The first-order chi connectivity index (χ1) is 15.9. The summed E-state index contributed by atoms with van der Waals surface area (Å²) < 4.78 is 0. The highest BCUT2D eigenvalue weighted by Gasteiger charge is 2.47. The Balaban J connectivity index is 1.85. The second kappa shape index (κ2) is 9.08. The van der Waals surface area contributed by atoms with Crippen molar-refractivity contribution in [3.05, 3.63) is 117 Å². The van der Waals surface area contributed by atoms with Crippen molar-refractivity contribution in [2.45, 2.75) is 19.4 Å². The number of aliphatic hydroxyl groups excluding tert-OH is 1. The Morgan fingerprint density at radius 1 is 0.970 bits per heavy atom. The molecule has 0 radical (unpaired) electrons. The summed E-state index contributed by atoms with van der Waals surface area (Å²) in [6, 6.07) is 21.2. The zero-order valence-electron chi connectivity index (χ0n) is 18.0. The number of amides is 1. The molecule has 1 aliphatic rings. The van der Waals surface area contributed by atoms with E-state index in [-0.39, 0.29) is 29.1 Å². The molecule has 0 aliphatic carbocycles. The van der Waals surface area contributed by atoms with Gasteiger partial charge in [-0.2, -0.15) is 0 Å². The number of aliphatic hydroxyl groups is 1. The van der Waals surface area contributed by atoms with E-state index in [1.54, 1.807) is 30.3 Å². The normalized spacial score (nSPS) is 17.4. The van der Waals surface area contributed by atoms with Crippen LogP contribution in [0.2, 0.25) is 0 Å². The summed E-state index contributed by atoms with van der Waals surface area (Å²) in [6.07, 6.45) is 0.454. The molecule has 0 unspecified atom stereocenters. The van der Waals surface area contributed by atoms with Crippen molar-refractivity contribution in [1.29, 1.82) is 0 Å². The van der Waals surface area contributed by atoms with Gasteiger partial charge in [0.25, 0.3) is 17.4 Å². The Bertz CT molecular complexity index is 1250. The van der Waals surface area contributed by atoms with Crippen LogP contribution < -0.4 is 0 Å². The van der Waals surface area contributed by atoms with Gasteiger partial charge in [0.05, 0.1) is 22.1 Å². The monoisotopic (exact) mass is 442 g/mol. The van der Waals surface area contributed by atoms with Crippen LogP contribution in [0.1, 0.15) is 28.3 Å². The van der Waals surface area contributed by atoms with Crippen molar-refractivity contribution in [2.75, 3.05) is 6.54 Å². The number of carbonyl (C=O) groups is 2. The lowest BCUT2D eigenvalue weighted by molar-refractivity contribution is -0.385. The number of Topliss-reactive ketones (excluding diaryl/α,β-unsaturated/α-hetero) is 1. The Labute approximate surface area is 190 Å². The molecule has 3 aromatic carbocycles. The molecule has 7 nitrogen and oxygen atoms in total. The second-order valence-electron chi connectivity index (χ2n) is 7.91. The molecule has 7 heteroatoms. The van der Waals surface area contributed by atoms with Crippen molar-refractivity contribution >= 4 is 23.1 Å². The minimum atomic E-state index is -1.07. The number of likely N-dealkylation sites (tertiary alicyclic amines) is 1. The Morgan fingerprint density at radius 3 is 2.27 bits per heavy atom. The molecule has 0 spiro atoms. The Kier molecular flexibility index (Phi) is 6.04. The molecule has 1 aliphatic heterocycles. The Morgan fingerprint density at radius 2 is 1.61 bits per heavy atom. The first-order valence-corrected chi connectivity index (χ1v) is 10.5. The summed E-state index contributed by atoms with van der Waals surface area (Å²) in [4.78, 5) is 38.7. The predicted molar refractivity (Wildman–Crippen MR) is 123 cm³/mol. The van der Waals surface area contributed by atoms with Crippen molar-refractivity contribution in [2.24, 2.45) is 0 Å². The number of ketones is 1. The molecule has 3 aromatic rings. The highest BCUT2D eigenvalue weighted by molar-refractivity contribution is 6.46. The molecule has 0 bridgehead atoms. The Hall–Kier alpha value is -4.26. The fraction of sp³-hybridized carbons (Fsp3) is 0.154. The quantitative estimate of drug-likeness (QED) is 0.198. The zero-order valence-corrected chi connectivity index (χ0v) is 18.0. The van der Waals surface area contributed by atoms with E-state index in [1.807, 2.05) is 37.3 Å². The van der Waals surface area contributed by atoms with Gasteiger partial charge in [-0.3, -0.25) is 19.7 Å². The van der Waals surface area contributed by atoms with E-state index in [9.17, 15) is 24.8 Å². The van der Waals surface area contributed by atoms with E-state index < -0.39 is 22.7 Å².